The molecule has 240 valence electrons. The maximum absolute atomic E-state index is 9.21. The van der Waals surface area contributed by atoms with Gasteiger partial charge < -0.3 is 0 Å². The van der Waals surface area contributed by atoms with Gasteiger partial charge in [0.2, 0.25) is 0 Å². The predicted octanol–water partition coefficient (Wildman–Crippen LogP) is 11.5. The third-order valence-electron chi connectivity index (χ3n) is 11.3. The van der Waals surface area contributed by atoms with Crippen LogP contribution in [0, 0.1) is 0 Å². The topological polar surface area (TPSA) is 0 Å². The second kappa shape index (κ2) is 11.6. The minimum absolute atomic E-state index is 0.0857. The SMILES string of the molecule is CC(C)(C)c1cc(C(C)(C)C)c(P[Si](Cl)([Si](C)([Si](C)(C)C)[Si](C)(C)C)[Si](C)([Si](C)(C)C)[Si](C)(C)C)c(C(C)(C)C)c1. The van der Waals surface area contributed by atoms with Crippen molar-refractivity contribution in [2.24, 2.45) is 0 Å². The zero-order valence-electron chi connectivity index (χ0n) is 32.0. The van der Waals surface area contributed by atoms with Gasteiger partial charge >= 0.3 is 0 Å². The predicted molar refractivity (Wildman–Crippen MR) is 219 cm³/mol. The van der Waals surface area contributed by atoms with Gasteiger partial charge in [-0.3, -0.25) is 0 Å². The van der Waals surface area contributed by atoms with Crippen molar-refractivity contribution in [2.45, 2.75) is 170 Å². The van der Waals surface area contributed by atoms with Crippen LogP contribution >= 0.6 is 19.2 Å². The third-order valence-corrected chi connectivity index (χ3v) is 192. The monoisotopic (exact) mass is 718 g/mol. The molecule has 0 aliphatic heterocycles. The van der Waals surface area contributed by atoms with Gasteiger partial charge in [0.15, 0.2) is 6.09 Å². The van der Waals surface area contributed by atoms with E-state index < -0.39 is 49.7 Å². The molecule has 0 radical (unpaired) electrons. The van der Waals surface area contributed by atoms with Gasteiger partial charge in [-0.1, -0.05) is 174 Å². The summed E-state index contributed by atoms with van der Waals surface area (Å²) >= 11 is 9.21. The molecule has 0 amide bonds. The number of rotatable bonds is 8. The number of hydrogen-bond acceptors (Lipinski definition) is 0. The van der Waals surface area contributed by atoms with E-state index in [2.05, 4.69) is 166 Å². The van der Waals surface area contributed by atoms with Gasteiger partial charge in [-0.15, -0.1) is 0 Å². The Balaban J connectivity index is 4.73. The smallest absolute Gasteiger partial charge is 0.154 e. The number of halogens is 1. The molecular weight excluding hydrogens is 647 g/mol. The molecule has 1 atom stereocenters. The number of hydrogen-bond donors (Lipinski definition) is 0. The summed E-state index contributed by atoms with van der Waals surface area (Å²) in [6.07, 6.45) is -2.30. The maximum atomic E-state index is 9.21. The van der Waals surface area contributed by atoms with E-state index in [-0.39, 0.29) is 16.2 Å². The fourth-order valence-electron chi connectivity index (χ4n) is 7.63. The van der Waals surface area contributed by atoms with Crippen LogP contribution < -0.4 is 5.30 Å². The summed E-state index contributed by atoms with van der Waals surface area (Å²) in [7, 11) is -5.38. The highest BCUT2D eigenvalue weighted by Crippen LogP contribution is 2.57. The Morgan fingerprint density at radius 2 is 0.707 bits per heavy atom. The van der Waals surface area contributed by atoms with E-state index in [1.165, 1.54) is 5.56 Å². The largest absolute Gasteiger partial charge is 0.169 e. The van der Waals surface area contributed by atoms with Gasteiger partial charge in [-0.25, -0.2) is 0 Å². The van der Waals surface area contributed by atoms with E-state index in [1.54, 1.807) is 16.4 Å². The van der Waals surface area contributed by atoms with Gasteiger partial charge in [0.1, 0.15) is 0 Å². The van der Waals surface area contributed by atoms with E-state index in [0.717, 1.165) is 8.13 Å². The number of benzene rings is 1. The van der Waals surface area contributed by atoms with Crippen molar-refractivity contribution in [3.63, 3.8) is 0 Å². The van der Waals surface area contributed by atoms with E-state index in [4.69, 9.17) is 0 Å². The standard InChI is InChI=1S/C32H72ClPSi7/c1-30(2,3)26-24-27(31(4,5)6)29(28(25-26)32(7,8)9)34-41(33,39(22,35(10,11)12)36(13,14)15)40(23,37(16,17)18)38(19,20)21/h24-25,34H,1-23H3. The van der Waals surface area contributed by atoms with Crippen molar-refractivity contribution in [1.29, 1.82) is 0 Å². The molecule has 1 unspecified atom stereocenters. The fraction of sp³-hybridized carbons (Fsp3) is 0.812. The summed E-state index contributed by atoms with van der Waals surface area (Å²) in [6, 6.07) is 5.26. The molecule has 0 fully saturated rings. The minimum atomic E-state index is -2.30. The summed E-state index contributed by atoms with van der Waals surface area (Å²) in [5.41, 5.74) is 5.00. The summed E-state index contributed by atoms with van der Waals surface area (Å²) in [6.45, 7) is 57.3. The Labute approximate surface area is 271 Å². The van der Waals surface area contributed by atoms with Gasteiger partial charge in [-0.05, 0) is 38.2 Å². The van der Waals surface area contributed by atoms with E-state index >= 15 is 0 Å². The van der Waals surface area contributed by atoms with Gasteiger partial charge in [-0.2, -0.15) is 11.1 Å². The Kier molecular flexibility index (Phi) is 11.5. The highest BCUT2D eigenvalue weighted by atomic mass is 35.6. The summed E-state index contributed by atoms with van der Waals surface area (Å²) < 4.78 is 0. The van der Waals surface area contributed by atoms with Crippen LogP contribution in [0.5, 0.6) is 0 Å². The maximum Gasteiger partial charge on any atom is 0.154 e. The van der Waals surface area contributed by atoms with Crippen LogP contribution in [0.15, 0.2) is 12.1 Å². The van der Waals surface area contributed by atoms with Crippen LogP contribution in [0.4, 0.5) is 0 Å². The van der Waals surface area contributed by atoms with E-state index in [0.29, 0.717) is 0 Å². The lowest BCUT2D eigenvalue weighted by Crippen LogP contribution is -2.94. The minimum Gasteiger partial charge on any atom is -0.169 e. The molecule has 41 heavy (non-hydrogen) atoms. The first-order valence-electron chi connectivity index (χ1n) is 16.1. The second-order valence-corrected chi connectivity index (χ2v) is 107. The molecule has 0 aliphatic rings. The molecule has 0 nitrogen and oxygen atoms in total. The Bertz CT molecular complexity index is 995. The Morgan fingerprint density at radius 1 is 0.463 bits per heavy atom. The lowest BCUT2D eigenvalue weighted by Gasteiger charge is -2.66. The van der Waals surface area contributed by atoms with Crippen LogP contribution in [0.25, 0.3) is 0 Å². The first-order valence-corrected chi connectivity index (χ1v) is 46.1. The molecule has 0 bridgehead atoms. The van der Waals surface area contributed by atoms with Crippen molar-refractivity contribution in [2.75, 3.05) is 0 Å². The van der Waals surface area contributed by atoms with Crippen LogP contribution in [-0.4, -0.2) is 49.7 Å². The average molecular weight is 720 g/mol. The molecule has 0 N–H and O–H groups in total. The Hall–Kier alpha value is 1.46. The van der Waals surface area contributed by atoms with Gasteiger partial charge in [0, 0.05) is 30.4 Å². The lowest BCUT2D eigenvalue weighted by atomic mass is 9.75. The lowest BCUT2D eigenvalue weighted by molar-refractivity contribution is 0.554. The molecule has 9 heteroatoms. The molecule has 0 aromatic heterocycles. The molecule has 0 aliphatic carbocycles. The highest BCUT2D eigenvalue weighted by Gasteiger charge is 2.75. The van der Waals surface area contributed by atoms with Gasteiger partial charge in [0.25, 0.3) is 0 Å². The Morgan fingerprint density at radius 3 is 0.878 bits per heavy atom. The highest BCUT2D eigenvalue weighted by molar-refractivity contribution is 8.37. The quantitative estimate of drug-likeness (QED) is 0.143. The average Bonchev–Trinajstić information content (AvgIpc) is 2.66. The molecule has 1 aromatic rings. The van der Waals surface area contributed by atoms with Crippen molar-refractivity contribution in [3.8, 4) is 0 Å². The molecule has 0 heterocycles. The fourth-order valence-corrected chi connectivity index (χ4v) is 305. The van der Waals surface area contributed by atoms with Crippen LogP contribution in [0.2, 0.25) is 91.7 Å². The molecular formula is C32H72ClPSi7. The molecule has 0 saturated heterocycles. The molecule has 1 rings (SSSR count). The van der Waals surface area contributed by atoms with Gasteiger partial charge in [0.05, 0.1) is 13.3 Å². The zero-order chi connectivity index (χ0) is 33.4. The summed E-state index contributed by atoms with van der Waals surface area (Å²) in [5, 5.41) is 1.71. The normalized spacial score (nSPS) is 16.2. The van der Waals surface area contributed by atoms with Crippen LogP contribution in [0.3, 0.4) is 0 Å². The van der Waals surface area contributed by atoms with Crippen molar-refractivity contribution in [1.82, 2.24) is 0 Å². The first kappa shape index (κ1) is 40.5. The molecule has 1 aromatic carbocycles. The first-order chi connectivity index (χ1) is 17.4. The summed E-state index contributed by atoms with van der Waals surface area (Å²) in [4.78, 5) is 0. The zero-order valence-corrected chi connectivity index (χ0v) is 40.8. The van der Waals surface area contributed by atoms with Crippen molar-refractivity contribution < 1.29 is 0 Å². The van der Waals surface area contributed by atoms with Crippen molar-refractivity contribution >= 4 is 74.2 Å². The van der Waals surface area contributed by atoms with E-state index in [1.807, 2.05) is 0 Å². The van der Waals surface area contributed by atoms with Crippen molar-refractivity contribution in [3.05, 3.63) is 28.8 Å². The third kappa shape index (κ3) is 7.23. The molecule has 0 spiro atoms. The second-order valence-electron chi connectivity index (χ2n) is 20.7. The van der Waals surface area contributed by atoms with Crippen LogP contribution in [-0.2, 0) is 16.2 Å². The molecule has 0 saturated carbocycles. The summed E-state index contributed by atoms with van der Waals surface area (Å²) in [5.74, 6) is 0. The van der Waals surface area contributed by atoms with E-state index in [9.17, 15) is 11.1 Å². The van der Waals surface area contributed by atoms with Crippen LogP contribution in [0.1, 0.15) is 79.0 Å².